The van der Waals surface area contributed by atoms with Crippen LogP contribution in [0.15, 0.2) is 58.2 Å². The Kier molecular flexibility index (Phi) is 4.08. The number of hydrogen-bond donors (Lipinski definition) is 1. The molecule has 124 valence electrons. The smallest absolute Gasteiger partial charge is 0.255 e. The van der Waals surface area contributed by atoms with Crippen LogP contribution in [-0.2, 0) is 10.0 Å². The summed E-state index contributed by atoms with van der Waals surface area (Å²) < 4.78 is 30.3. The molecule has 3 rings (SSSR count). The number of carbonyl (C=O) groups is 1. The van der Waals surface area contributed by atoms with Crippen molar-refractivity contribution >= 4 is 32.7 Å². The van der Waals surface area contributed by atoms with E-state index in [9.17, 15) is 13.2 Å². The lowest BCUT2D eigenvalue weighted by atomic mass is 10.2. The maximum Gasteiger partial charge on any atom is 0.255 e. The van der Waals surface area contributed by atoms with Crippen molar-refractivity contribution in [1.82, 2.24) is 9.29 Å². The molecule has 2 aromatic carbocycles. The maximum atomic E-state index is 12.3. The van der Waals surface area contributed by atoms with Crippen LogP contribution in [0.5, 0.6) is 0 Å². The zero-order valence-corrected chi connectivity index (χ0v) is 13.9. The lowest BCUT2D eigenvalue weighted by Gasteiger charge is -2.11. The third-order valence-corrected chi connectivity index (χ3v) is 5.31. The lowest BCUT2D eigenvalue weighted by Crippen LogP contribution is -2.22. The molecule has 3 aromatic rings. The third-order valence-electron chi connectivity index (χ3n) is 3.48. The molecule has 1 N–H and O–H groups in total. The molecule has 1 heterocycles. The number of benzene rings is 2. The van der Waals surface area contributed by atoms with Crippen LogP contribution in [0, 0.1) is 0 Å². The maximum absolute atomic E-state index is 12.3. The van der Waals surface area contributed by atoms with Crippen molar-refractivity contribution < 1.29 is 17.6 Å². The minimum absolute atomic E-state index is 0.132. The molecule has 0 unspecified atom stereocenters. The minimum Gasteiger partial charge on any atom is -0.443 e. The number of nitrogens with zero attached hydrogens (tertiary/aromatic N) is 2. The highest BCUT2D eigenvalue weighted by molar-refractivity contribution is 7.89. The molecule has 0 atom stereocenters. The van der Waals surface area contributed by atoms with E-state index < -0.39 is 10.0 Å². The molecule has 0 radical (unpaired) electrons. The van der Waals surface area contributed by atoms with E-state index in [0.717, 1.165) is 4.31 Å². The summed E-state index contributed by atoms with van der Waals surface area (Å²) in [6, 6.07) is 10.9. The van der Waals surface area contributed by atoms with Crippen LogP contribution < -0.4 is 5.32 Å². The summed E-state index contributed by atoms with van der Waals surface area (Å²) in [5, 5.41) is 2.74. The average molecular weight is 345 g/mol. The summed E-state index contributed by atoms with van der Waals surface area (Å²) >= 11 is 0. The van der Waals surface area contributed by atoms with Crippen molar-refractivity contribution in [3.05, 3.63) is 54.4 Å². The molecule has 0 saturated heterocycles. The molecule has 0 saturated carbocycles. The second-order valence-electron chi connectivity index (χ2n) is 5.30. The summed E-state index contributed by atoms with van der Waals surface area (Å²) in [5.74, 6) is -0.341. The van der Waals surface area contributed by atoms with E-state index in [1.807, 2.05) is 0 Å². The molecular formula is C16H15N3O4S. The van der Waals surface area contributed by atoms with Gasteiger partial charge in [0.15, 0.2) is 12.0 Å². The number of hydrogen-bond acceptors (Lipinski definition) is 5. The van der Waals surface area contributed by atoms with Crippen LogP contribution in [-0.4, -0.2) is 37.7 Å². The van der Waals surface area contributed by atoms with Gasteiger partial charge in [0.05, 0.1) is 4.90 Å². The van der Waals surface area contributed by atoms with E-state index in [0.29, 0.717) is 22.4 Å². The molecule has 0 spiro atoms. The number of anilines is 1. The van der Waals surface area contributed by atoms with E-state index in [1.54, 1.807) is 18.2 Å². The minimum atomic E-state index is -3.51. The Hall–Kier alpha value is -2.71. The Morgan fingerprint density at radius 2 is 1.83 bits per heavy atom. The summed E-state index contributed by atoms with van der Waals surface area (Å²) in [7, 11) is -0.604. The Balaban J connectivity index is 1.80. The molecule has 0 aliphatic heterocycles. The standard InChI is InChI=1S/C16H15N3O4S/c1-19(2)24(21,22)13-6-3-11(4-7-13)16(20)18-12-5-8-15-14(9-12)17-10-23-15/h3-10H,1-2H3,(H,18,20). The van der Waals surface area contributed by atoms with Gasteiger partial charge in [-0.25, -0.2) is 17.7 Å². The molecule has 1 amide bonds. The number of sulfonamides is 1. The second kappa shape index (κ2) is 6.06. The fraction of sp³-hybridized carbons (Fsp3) is 0.125. The highest BCUT2D eigenvalue weighted by Crippen LogP contribution is 2.19. The van der Waals surface area contributed by atoms with E-state index in [2.05, 4.69) is 10.3 Å². The number of fused-ring (bicyclic) bond motifs is 1. The predicted molar refractivity (Wildman–Crippen MR) is 89.3 cm³/mol. The highest BCUT2D eigenvalue weighted by Gasteiger charge is 2.17. The number of nitrogens with one attached hydrogen (secondary N) is 1. The first-order chi connectivity index (χ1) is 11.4. The van der Waals surface area contributed by atoms with Gasteiger partial charge in [-0.2, -0.15) is 0 Å². The van der Waals surface area contributed by atoms with Crippen molar-refractivity contribution in [2.24, 2.45) is 0 Å². The van der Waals surface area contributed by atoms with Crippen molar-refractivity contribution in [1.29, 1.82) is 0 Å². The normalized spacial score (nSPS) is 11.8. The highest BCUT2D eigenvalue weighted by atomic mass is 32.2. The first-order valence-electron chi connectivity index (χ1n) is 7.05. The number of aromatic nitrogens is 1. The first-order valence-corrected chi connectivity index (χ1v) is 8.49. The van der Waals surface area contributed by atoms with Crippen LogP contribution in [0.25, 0.3) is 11.1 Å². The Bertz CT molecular complexity index is 992. The molecule has 0 fully saturated rings. The topological polar surface area (TPSA) is 92.5 Å². The second-order valence-corrected chi connectivity index (χ2v) is 7.45. The zero-order valence-electron chi connectivity index (χ0n) is 13.1. The number of oxazole rings is 1. The molecule has 0 aliphatic carbocycles. The lowest BCUT2D eigenvalue weighted by molar-refractivity contribution is 0.102. The first kappa shape index (κ1) is 16.2. The third kappa shape index (κ3) is 3.01. The van der Waals surface area contributed by atoms with E-state index in [4.69, 9.17) is 4.42 Å². The molecule has 0 bridgehead atoms. The zero-order chi connectivity index (χ0) is 17.3. The summed E-state index contributed by atoms with van der Waals surface area (Å²) in [6.45, 7) is 0. The summed E-state index contributed by atoms with van der Waals surface area (Å²) in [6.07, 6.45) is 1.33. The van der Waals surface area contributed by atoms with E-state index in [-0.39, 0.29) is 10.8 Å². The van der Waals surface area contributed by atoms with Crippen molar-refractivity contribution in [2.75, 3.05) is 19.4 Å². The molecule has 7 nitrogen and oxygen atoms in total. The predicted octanol–water partition coefficient (Wildman–Crippen LogP) is 2.33. The van der Waals surface area contributed by atoms with Crippen LogP contribution in [0.3, 0.4) is 0 Å². The molecule has 0 aliphatic rings. The van der Waals surface area contributed by atoms with E-state index >= 15 is 0 Å². The fourth-order valence-electron chi connectivity index (χ4n) is 2.13. The average Bonchev–Trinajstić information content (AvgIpc) is 3.02. The van der Waals surface area contributed by atoms with Gasteiger partial charge in [0.1, 0.15) is 5.52 Å². The number of amides is 1. The van der Waals surface area contributed by atoms with Gasteiger partial charge in [0.2, 0.25) is 10.0 Å². The van der Waals surface area contributed by atoms with Crippen molar-refractivity contribution in [3.63, 3.8) is 0 Å². The SMILES string of the molecule is CN(C)S(=O)(=O)c1ccc(C(=O)Nc2ccc3ocnc3c2)cc1. The Morgan fingerprint density at radius 1 is 1.12 bits per heavy atom. The van der Waals surface area contributed by atoms with Crippen LogP contribution in [0.1, 0.15) is 10.4 Å². The Labute approximate surface area is 139 Å². The molecule has 1 aromatic heterocycles. The quantitative estimate of drug-likeness (QED) is 0.783. The Morgan fingerprint density at radius 3 is 2.50 bits per heavy atom. The van der Waals surface area contributed by atoms with Crippen LogP contribution >= 0.6 is 0 Å². The van der Waals surface area contributed by atoms with Crippen LogP contribution in [0.2, 0.25) is 0 Å². The molecule has 24 heavy (non-hydrogen) atoms. The molecule has 8 heteroatoms. The fourth-order valence-corrected chi connectivity index (χ4v) is 3.03. The van der Waals surface area contributed by atoms with Gasteiger partial charge in [0.25, 0.3) is 5.91 Å². The number of rotatable bonds is 4. The van der Waals surface area contributed by atoms with E-state index in [1.165, 1.54) is 44.8 Å². The van der Waals surface area contributed by atoms with Crippen molar-refractivity contribution in [2.45, 2.75) is 4.90 Å². The largest absolute Gasteiger partial charge is 0.443 e. The van der Waals surface area contributed by atoms with Gasteiger partial charge in [-0.15, -0.1) is 0 Å². The number of carbonyl (C=O) groups excluding carboxylic acids is 1. The monoisotopic (exact) mass is 345 g/mol. The molecular weight excluding hydrogens is 330 g/mol. The van der Waals surface area contributed by atoms with Gasteiger partial charge in [0, 0.05) is 25.3 Å². The van der Waals surface area contributed by atoms with Gasteiger partial charge < -0.3 is 9.73 Å². The summed E-state index contributed by atoms with van der Waals surface area (Å²) in [4.78, 5) is 16.4. The van der Waals surface area contributed by atoms with Gasteiger partial charge in [-0.05, 0) is 42.5 Å². The van der Waals surface area contributed by atoms with Gasteiger partial charge in [-0.1, -0.05) is 0 Å². The van der Waals surface area contributed by atoms with Gasteiger partial charge >= 0.3 is 0 Å². The van der Waals surface area contributed by atoms with Crippen LogP contribution in [0.4, 0.5) is 5.69 Å². The van der Waals surface area contributed by atoms with Crippen molar-refractivity contribution in [3.8, 4) is 0 Å². The summed E-state index contributed by atoms with van der Waals surface area (Å²) in [5.41, 5.74) is 2.20. The van der Waals surface area contributed by atoms with Gasteiger partial charge in [-0.3, -0.25) is 4.79 Å².